The van der Waals surface area contributed by atoms with Crippen LogP contribution in [-0.2, 0) is 10.0 Å². The number of hydrogen-bond donors (Lipinski definition) is 0. The molecule has 0 amide bonds. The Morgan fingerprint density at radius 3 is 2.39 bits per heavy atom. The number of aromatic nitrogens is 2. The third kappa shape index (κ3) is 5.90. The molecule has 3 aromatic rings. The highest BCUT2D eigenvalue weighted by Crippen LogP contribution is 2.27. The third-order valence-corrected chi connectivity index (χ3v) is 8.44. The minimum absolute atomic E-state index is 0.0252. The highest BCUT2D eigenvalue weighted by Gasteiger charge is 2.22. The second-order valence-corrected chi connectivity index (χ2v) is 10.5. The summed E-state index contributed by atoms with van der Waals surface area (Å²) in [5.74, 6) is 0.809. The number of sulfonamides is 1. The van der Waals surface area contributed by atoms with Crippen LogP contribution in [-0.4, -0.2) is 47.5 Å². The van der Waals surface area contributed by atoms with Crippen LogP contribution in [0, 0.1) is 0 Å². The second-order valence-electron chi connectivity index (χ2n) is 7.63. The van der Waals surface area contributed by atoms with Crippen LogP contribution >= 0.6 is 11.8 Å². The molecule has 0 fully saturated rings. The Bertz CT molecular complexity index is 1190. The van der Waals surface area contributed by atoms with Crippen LogP contribution in [0.2, 0.25) is 0 Å². The largest absolute Gasteiger partial charge is 0.411 e. The van der Waals surface area contributed by atoms with E-state index < -0.39 is 10.0 Å². The van der Waals surface area contributed by atoms with Crippen molar-refractivity contribution in [2.75, 3.05) is 18.8 Å². The lowest BCUT2D eigenvalue weighted by Crippen LogP contribution is -2.30. The molecule has 0 saturated heterocycles. The summed E-state index contributed by atoms with van der Waals surface area (Å²) in [4.78, 5) is 12.7. The van der Waals surface area contributed by atoms with Gasteiger partial charge in [-0.15, -0.1) is 10.2 Å². The number of Topliss-reactive ketones (excluding diaryl/α,β-unsaturated/α-hetero) is 1. The van der Waals surface area contributed by atoms with Crippen molar-refractivity contribution in [1.82, 2.24) is 14.5 Å². The van der Waals surface area contributed by atoms with E-state index in [1.54, 1.807) is 32.0 Å². The van der Waals surface area contributed by atoms with Crippen LogP contribution in [0.25, 0.3) is 11.5 Å². The maximum atomic E-state index is 12.8. The molecule has 1 heterocycles. The van der Waals surface area contributed by atoms with Gasteiger partial charge in [-0.1, -0.05) is 69.8 Å². The summed E-state index contributed by atoms with van der Waals surface area (Å²) in [6, 6.07) is 14.1. The summed E-state index contributed by atoms with van der Waals surface area (Å²) in [5.41, 5.74) is 2.37. The third-order valence-electron chi connectivity index (χ3n) is 5.57. The number of rotatable bonds is 11. The van der Waals surface area contributed by atoms with Crippen molar-refractivity contribution in [3.05, 3.63) is 59.7 Å². The van der Waals surface area contributed by atoms with Crippen LogP contribution in [0.4, 0.5) is 0 Å². The Morgan fingerprint density at radius 1 is 1.06 bits per heavy atom. The minimum atomic E-state index is -3.59. The number of carbonyl (C=O) groups is 1. The average molecular weight is 488 g/mol. The highest BCUT2D eigenvalue weighted by molar-refractivity contribution is 7.99. The lowest BCUT2D eigenvalue weighted by atomic mass is 9.97. The zero-order chi connectivity index (χ0) is 24.0. The molecule has 176 valence electrons. The van der Waals surface area contributed by atoms with Crippen molar-refractivity contribution in [2.24, 2.45) is 0 Å². The summed E-state index contributed by atoms with van der Waals surface area (Å²) in [6.45, 7) is 8.67. The Balaban J connectivity index is 1.69. The molecular weight excluding hydrogens is 458 g/mol. The van der Waals surface area contributed by atoms with Gasteiger partial charge in [-0.05, 0) is 36.1 Å². The molecule has 0 N–H and O–H groups in total. The van der Waals surface area contributed by atoms with Gasteiger partial charge >= 0.3 is 0 Å². The Hall–Kier alpha value is -2.49. The molecule has 0 spiro atoms. The summed E-state index contributed by atoms with van der Waals surface area (Å²) in [5, 5.41) is 8.28. The molecular formula is C24H29N3O4S2. The minimum Gasteiger partial charge on any atom is -0.411 e. The molecule has 9 heteroatoms. The van der Waals surface area contributed by atoms with Gasteiger partial charge in [-0.2, -0.15) is 4.31 Å². The van der Waals surface area contributed by atoms with Gasteiger partial charge in [0.25, 0.3) is 5.22 Å². The zero-order valence-corrected chi connectivity index (χ0v) is 20.9. The van der Waals surface area contributed by atoms with E-state index in [1.165, 1.54) is 15.9 Å². The smallest absolute Gasteiger partial charge is 0.277 e. The van der Waals surface area contributed by atoms with E-state index in [1.807, 2.05) is 24.3 Å². The molecule has 0 saturated carbocycles. The molecule has 0 bridgehead atoms. The molecule has 3 rings (SSSR count). The second kappa shape index (κ2) is 11.1. The van der Waals surface area contributed by atoms with E-state index in [0.717, 1.165) is 18.2 Å². The fourth-order valence-electron chi connectivity index (χ4n) is 3.33. The van der Waals surface area contributed by atoms with Crippen LogP contribution in [0.1, 0.15) is 56.0 Å². The SMILES string of the molecule is CCC(C)c1ccc(C(=O)CSc2nnc(-c3cccc(S(=O)(=O)N(CC)CC)c3)o2)cc1. The summed E-state index contributed by atoms with van der Waals surface area (Å²) in [6.07, 6.45) is 1.05. The topological polar surface area (TPSA) is 93.4 Å². The van der Waals surface area contributed by atoms with Gasteiger partial charge in [0.2, 0.25) is 15.9 Å². The van der Waals surface area contributed by atoms with Crippen molar-refractivity contribution in [1.29, 1.82) is 0 Å². The van der Waals surface area contributed by atoms with Gasteiger partial charge in [0.1, 0.15) is 0 Å². The molecule has 0 radical (unpaired) electrons. The Kier molecular flexibility index (Phi) is 8.45. The van der Waals surface area contributed by atoms with Crippen molar-refractivity contribution in [2.45, 2.75) is 50.2 Å². The number of ketones is 1. The lowest BCUT2D eigenvalue weighted by Gasteiger charge is -2.18. The van der Waals surface area contributed by atoms with E-state index in [2.05, 4.69) is 24.0 Å². The summed E-state index contributed by atoms with van der Waals surface area (Å²) in [7, 11) is -3.59. The first-order chi connectivity index (χ1) is 15.8. The number of benzene rings is 2. The number of nitrogens with zero attached hydrogens (tertiary/aromatic N) is 3. The number of thioether (sulfide) groups is 1. The Morgan fingerprint density at radius 2 is 1.76 bits per heavy atom. The molecule has 0 aliphatic carbocycles. The first kappa shape index (κ1) is 25.1. The van der Waals surface area contributed by atoms with E-state index in [4.69, 9.17) is 4.42 Å². The van der Waals surface area contributed by atoms with Crippen molar-refractivity contribution in [3.8, 4) is 11.5 Å². The summed E-state index contributed by atoms with van der Waals surface area (Å²) >= 11 is 1.16. The fourth-order valence-corrected chi connectivity index (χ4v) is 5.49. The van der Waals surface area contributed by atoms with Gasteiger partial charge in [-0.3, -0.25) is 4.79 Å². The van der Waals surface area contributed by atoms with Crippen LogP contribution in [0.3, 0.4) is 0 Å². The van der Waals surface area contributed by atoms with Gasteiger partial charge in [0, 0.05) is 24.2 Å². The first-order valence-electron chi connectivity index (χ1n) is 11.0. The van der Waals surface area contributed by atoms with E-state index >= 15 is 0 Å². The standard InChI is InChI=1S/C24H29N3O4S2/c1-5-17(4)18-11-13-19(14-12-18)22(28)16-32-24-26-25-23(31-24)20-9-8-10-21(15-20)33(29,30)27(6-2)7-3/h8-15,17H,5-7,16H2,1-4H3. The van der Waals surface area contributed by atoms with Crippen LogP contribution < -0.4 is 0 Å². The number of hydrogen-bond acceptors (Lipinski definition) is 7. The highest BCUT2D eigenvalue weighted by atomic mass is 32.2. The van der Waals surface area contributed by atoms with Gasteiger partial charge in [0.05, 0.1) is 10.6 Å². The molecule has 1 atom stereocenters. The maximum Gasteiger partial charge on any atom is 0.277 e. The molecule has 1 unspecified atom stereocenters. The van der Waals surface area contributed by atoms with Crippen LogP contribution in [0.15, 0.2) is 63.1 Å². The maximum absolute atomic E-state index is 12.8. The predicted molar refractivity (Wildman–Crippen MR) is 130 cm³/mol. The van der Waals surface area contributed by atoms with Gasteiger partial charge in [-0.25, -0.2) is 8.42 Å². The normalized spacial score (nSPS) is 12.8. The zero-order valence-electron chi connectivity index (χ0n) is 19.3. The molecule has 0 aliphatic rings. The molecule has 2 aromatic carbocycles. The average Bonchev–Trinajstić information content (AvgIpc) is 3.32. The van der Waals surface area contributed by atoms with Gasteiger partial charge in [0.15, 0.2) is 5.78 Å². The van der Waals surface area contributed by atoms with E-state index in [-0.39, 0.29) is 27.5 Å². The van der Waals surface area contributed by atoms with Crippen LogP contribution in [0.5, 0.6) is 0 Å². The van der Waals surface area contributed by atoms with Gasteiger partial charge < -0.3 is 4.42 Å². The monoisotopic (exact) mass is 487 g/mol. The summed E-state index contributed by atoms with van der Waals surface area (Å²) < 4.78 is 32.7. The predicted octanol–water partition coefficient (Wildman–Crippen LogP) is 5.26. The quantitative estimate of drug-likeness (QED) is 0.269. The molecule has 1 aromatic heterocycles. The number of carbonyl (C=O) groups excluding carboxylic acids is 1. The lowest BCUT2D eigenvalue weighted by molar-refractivity contribution is 0.102. The molecule has 0 aliphatic heterocycles. The van der Waals surface area contributed by atoms with Crippen molar-refractivity contribution < 1.29 is 17.6 Å². The van der Waals surface area contributed by atoms with Crippen molar-refractivity contribution in [3.63, 3.8) is 0 Å². The van der Waals surface area contributed by atoms with E-state index in [9.17, 15) is 13.2 Å². The Labute approximate surface area is 199 Å². The molecule has 7 nitrogen and oxygen atoms in total. The first-order valence-corrected chi connectivity index (χ1v) is 13.4. The van der Waals surface area contributed by atoms with Crippen molar-refractivity contribution >= 4 is 27.6 Å². The molecule has 33 heavy (non-hydrogen) atoms. The fraction of sp³-hybridized carbons (Fsp3) is 0.375. The van der Waals surface area contributed by atoms with E-state index in [0.29, 0.717) is 30.1 Å².